The molecule has 0 spiro atoms. The van der Waals surface area contributed by atoms with Crippen molar-refractivity contribution < 1.29 is 39.0 Å². The molecule has 0 aromatic heterocycles. The molecule has 0 saturated heterocycles. The Morgan fingerprint density at radius 3 is 2.25 bits per heavy atom. The zero-order valence-electron chi connectivity index (χ0n) is 8.18. The topological polar surface area (TPSA) is 145 Å². The number of hydrogen-bond donors (Lipinski definition) is 5. The predicted octanol–water partition coefficient (Wildman–Crippen LogP) is 0.677. The van der Waals surface area contributed by atoms with Crippen molar-refractivity contribution in [2.24, 2.45) is 0 Å². The molecule has 5 N–H and O–H groups in total. The molecular formula is C7H13O8P. The predicted molar refractivity (Wildman–Crippen MR) is 51.7 cm³/mol. The van der Waals surface area contributed by atoms with Crippen LogP contribution in [0.1, 0.15) is 19.3 Å². The highest BCUT2D eigenvalue weighted by atomic mass is 31.2. The summed E-state index contributed by atoms with van der Waals surface area (Å²) in [6.07, 6.45) is -0.381. The fourth-order valence-electron chi connectivity index (χ4n) is 0.921. The van der Waals surface area contributed by atoms with Crippen molar-refractivity contribution in [1.29, 1.82) is 0 Å². The summed E-state index contributed by atoms with van der Waals surface area (Å²) in [4.78, 5) is 27.4. The van der Waals surface area contributed by atoms with E-state index < -0.39 is 25.8 Å². The van der Waals surface area contributed by atoms with Crippen molar-refractivity contribution >= 4 is 13.8 Å². The van der Waals surface area contributed by atoms with Gasteiger partial charge < -0.3 is 25.1 Å². The molecule has 0 rings (SSSR count). The fraction of sp³-hybridized carbons (Fsp3) is 0.571. The number of carbonyl (C=O) groups is 1. The molecule has 0 aliphatic rings. The number of aliphatic carboxylic acids is 1. The van der Waals surface area contributed by atoms with E-state index in [1.807, 2.05) is 0 Å². The molecule has 0 aromatic carbocycles. The molecule has 0 heterocycles. The molecule has 94 valence electrons. The molecule has 0 bridgehead atoms. The van der Waals surface area contributed by atoms with Gasteiger partial charge in [-0.2, -0.15) is 0 Å². The van der Waals surface area contributed by atoms with E-state index in [9.17, 15) is 9.36 Å². The summed E-state index contributed by atoms with van der Waals surface area (Å²) >= 11 is 0. The monoisotopic (exact) mass is 256 g/mol. The SMILES string of the molecule is O=C(O)C(CCCC=C(O)O)OP(=O)(O)O. The first-order chi connectivity index (χ1) is 7.22. The smallest absolute Gasteiger partial charge is 0.470 e. The van der Waals surface area contributed by atoms with Crippen molar-refractivity contribution in [3.63, 3.8) is 0 Å². The van der Waals surface area contributed by atoms with E-state index in [1.54, 1.807) is 0 Å². The van der Waals surface area contributed by atoms with Gasteiger partial charge in [-0.25, -0.2) is 9.36 Å². The highest BCUT2D eigenvalue weighted by Gasteiger charge is 2.27. The molecule has 9 heteroatoms. The Morgan fingerprint density at radius 1 is 1.31 bits per heavy atom. The number of aliphatic hydroxyl groups is 2. The summed E-state index contributed by atoms with van der Waals surface area (Å²) in [7, 11) is -4.84. The third kappa shape index (κ3) is 8.25. The van der Waals surface area contributed by atoms with Crippen LogP contribution >= 0.6 is 7.82 Å². The number of carboxylic acids is 1. The van der Waals surface area contributed by atoms with Crippen LogP contribution in [-0.4, -0.2) is 37.2 Å². The quantitative estimate of drug-likeness (QED) is 0.254. The van der Waals surface area contributed by atoms with Crippen LogP contribution in [0.5, 0.6) is 0 Å². The van der Waals surface area contributed by atoms with E-state index in [0.717, 1.165) is 6.08 Å². The van der Waals surface area contributed by atoms with Gasteiger partial charge in [-0.1, -0.05) is 0 Å². The minimum absolute atomic E-state index is 0.149. The van der Waals surface area contributed by atoms with Crippen LogP contribution in [0.4, 0.5) is 0 Å². The first kappa shape index (κ1) is 14.9. The first-order valence-electron chi connectivity index (χ1n) is 4.27. The molecule has 8 nitrogen and oxygen atoms in total. The van der Waals surface area contributed by atoms with Gasteiger partial charge in [-0.05, 0) is 25.3 Å². The largest absolute Gasteiger partial charge is 0.481 e. The van der Waals surface area contributed by atoms with Crippen LogP contribution in [0.15, 0.2) is 12.0 Å². The van der Waals surface area contributed by atoms with E-state index in [1.165, 1.54) is 0 Å². The van der Waals surface area contributed by atoms with E-state index in [2.05, 4.69) is 4.52 Å². The van der Waals surface area contributed by atoms with Crippen molar-refractivity contribution in [2.75, 3.05) is 0 Å². The lowest BCUT2D eigenvalue weighted by molar-refractivity contribution is -0.146. The molecule has 0 fully saturated rings. The second-order valence-electron chi connectivity index (χ2n) is 2.92. The lowest BCUT2D eigenvalue weighted by Crippen LogP contribution is -2.22. The second kappa shape index (κ2) is 6.49. The van der Waals surface area contributed by atoms with Gasteiger partial charge in [0, 0.05) is 0 Å². The number of phosphoric ester groups is 1. The van der Waals surface area contributed by atoms with E-state index in [4.69, 9.17) is 25.1 Å². The van der Waals surface area contributed by atoms with Crippen molar-refractivity contribution in [1.82, 2.24) is 0 Å². The normalized spacial score (nSPS) is 13.1. The average Bonchev–Trinajstić information content (AvgIpc) is 2.07. The van der Waals surface area contributed by atoms with Crippen LogP contribution in [0.3, 0.4) is 0 Å². The number of carboxylic acid groups (broad SMARTS) is 1. The zero-order chi connectivity index (χ0) is 12.8. The molecule has 0 amide bonds. The Balaban J connectivity index is 4.11. The van der Waals surface area contributed by atoms with Gasteiger partial charge in [0.05, 0.1) is 0 Å². The highest BCUT2D eigenvalue weighted by Crippen LogP contribution is 2.38. The lowest BCUT2D eigenvalue weighted by Gasteiger charge is -2.13. The number of unbranched alkanes of at least 4 members (excludes halogenated alkanes) is 1. The summed E-state index contributed by atoms with van der Waals surface area (Å²) in [5.41, 5.74) is 0. The Labute approximate surface area is 91.0 Å². The van der Waals surface area contributed by atoms with Gasteiger partial charge in [0.25, 0.3) is 5.95 Å². The highest BCUT2D eigenvalue weighted by molar-refractivity contribution is 7.46. The summed E-state index contributed by atoms with van der Waals surface area (Å²) < 4.78 is 14.4. The number of rotatable bonds is 7. The van der Waals surface area contributed by atoms with E-state index in [0.29, 0.717) is 0 Å². The lowest BCUT2D eigenvalue weighted by atomic mass is 10.1. The fourth-order valence-corrected chi connectivity index (χ4v) is 1.45. The third-order valence-electron chi connectivity index (χ3n) is 1.54. The molecule has 0 aliphatic heterocycles. The Kier molecular flexibility index (Phi) is 6.05. The van der Waals surface area contributed by atoms with E-state index >= 15 is 0 Å². The number of phosphoric acid groups is 1. The maximum absolute atomic E-state index is 10.5. The molecule has 16 heavy (non-hydrogen) atoms. The van der Waals surface area contributed by atoms with Gasteiger partial charge in [-0.3, -0.25) is 4.52 Å². The molecule has 0 aliphatic carbocycles. The first-order valence-corrected chi connectivity index (χ1v) is 5.80. The number of aliphatic hydroxyl groups excluding tert-OH is 1. The minimum Gasteiger partial charge on any atom is -0.481 e. The summed E-state index contributed by atoms with van der Waals surface area (Å²) in [5.74, 6) is -2.37. The van der Waals surface area contributed by atoms with Gasteiger partial charge in [0.2, 0.25) is 0 Å². The molecule has 1 atom stereocenters. The van der Waals surface area contributed by atoms with E-state index in [-0.39, 0.29) is 19.3 Å². The average molecular weight is 256 g/mol. The molecule has 0 radical (unpaired) electrons. The Hall–Kier alpha value is -1.08. The molecule has 0 aromatic rings. The summed E-state index contributed by atoms with van der Waals surface area (Å²) in [5, 5.41) is 25.3. The van der Waals surface area contributed by atoms with Crippen LogP contribution in [0, 0.1) is 0 Å². The van der Waals surface area contributed by atoms with Gasteiger partial charge in [0.1, 0.15) is 0 Å². The summed E-state index contributed by atoms with van der Waals surface area (Å²) in [6, 6.07) is 0. The van der Waals surface area contributed by atoms with Gasteiger partial charge in [0.15, 0.2) is 6.10 Å². The molecular weight excluding hydrogens is 243 g/mol. The third-order valence-corrected chi connectivity index (χ3v) is 2.07. The van der Waals surface area contributed by atoms with Crippen LogP contribution in [-0.2, 0) is 13.9 Å². The van der Waals surface area contributed by atoms with Crippen molar-refractivity contribution in [3.05, 3.63) is 12.0 Å². The molecule has 1 unspecified atom stereocenters. The number of hydrogen-bond acceptors (Lipinski definition) is 5. The number of allylic oxidation sites excluding steroid dienone is 1. The molecule has 0 saturated carbocycles. The second-order valence-corrected chi connectivity index (χ2v) is 4.11. The maximum atomic E-state index is 10.5. The summed E-state index contributed by atoms with van der Waals surface area (Å²) in [6.45, 7) is 0. The van der Waals surface area contributed by atoms with Crippen molar-refractivity contribution in [3.8, 4) is 0 Å². The van der Waals surface area contributed by atoms with Crippen LogP contribution in [0.2, 0.25) is 0 Å². The van der Waals surface area contributed by atoms with Gasteiger partial charge >= 0.3 is 13.8 Å². The minimum atomic E-state index is -4.84. The zero-order valence-corrected chi connectivity index (χ0v) is 9.08. The maximum Gasteiger partial charge on any atom is 0.470 e. The van der Waals surface area contributed by atoms with Crippen molar-refractivity contribution in [2.45, 2.75) is 25.4 Å². The van der Waals surface area contributed by atoms with Crippen LogP contribution < -0.4 is 0 Å². The van der Waals surface area contributed by atoms with Crippen LogP contribution in [0.25, 0.3) is 0 Å². The standard InChI is InChI=1S/C7H13O8P/c8-6(9)4-2-1-3-5(7(10)11)15-16(12,13)14/h4-5,8-9H,1-3H2,(H,10,11)(H2,12,13,14). The Morgan fingerprint density at radius 2 is 1.88 bits per heavy atom. The van der Waals surface area contributed by atoms with Gasteiger partial charge in [-0.15, -0.1) is 0 Å². The Bertz CT molecular complexity index is 302.